The molecule has 3 aromatic carbocycles. The molecule has 1 N–H and O–H groups in total. The van der Waals surface area contributed by atoms with E-state index in [-0.39, 0.29) is 11.8 Å². The van der Waals surface area contributed by atoms with Gasteiger partial charge in [0.05, 0.1) is 11.4 Å². The molecule has 0 saturated carbocycles. The van der Waals surface area contributed by atoms with Crippen LogP contribution in [0.15, 0.2) is 71.6 Å². The van der Waals surface area contributed by atoms with E-state index >= 15 is 0 Å². The highest BCUT2D eigenvalue weighted by molar-refractivity contribution is 7.89. The molecule has 1 aliphatic rings. The highest BCUT2D eigenvalue weighted by atomic mass is 32.2. The summed E-state index contributed by atoms with van der Waals surface area (Å²) in [6, 6.07) is 20.7. The number of hydrogen-bond donors (Lipinski definition) is 1. The molecule has 0 spiro atoms. The predicted molar refractivity (Wildman–Crippen MR) is 125 cm³/mol. The van der Waals surface area contributed by atoms with E-state index in [1.54, 1.807) is 12.1 Å². The van der Waals surface area contributed by atoms with Crippen molar-refractivity contribution in [3.8, 4) is 5.75 Å². The van der Waals surface area contributed by atoms with Crippen LogP contribution >= 0.6 is 0 Å². The molecule has 3 aromatic rings. The van der Waals surface area contributed by atoms with Gasteiger partial charge in [-0.25, -0.2) is 8.42 Å². The number of carbonyl (C=O) groups excluding carboxylic acids is 1. The van der Waals surface area contributed by atoms with E-state index in [0.717, 1.165) is 22.1 Å². The van der Waals surface area contributed by atoms with Crippen molar-refractivity contribution in [2.24, 2.45) is 5.92 Å². The maximum Gasteiger partial charge on any atom is 0.243 e. The Morgan fingerprint density at radius 3 is 2.44 bits per heavy atom. The number of ether oxygens (including phenoxy) is 1. The fourth-order valence-electron chi connectivity index (χ4n) is 4.03. The van der Waals surface area contributed by atoms with Gasteiger partial charge >= 0.3 is 0 Å². The van der Waals surface area contributed by atoms with E-state index < -0.39 is 10.0 Å². The third kappa shape index (κ3) is 4.95. The normalized spacial score (nSPS) is 15.5. The molecule has 0 unspecified atom stereocenters. The summed E-state index contributed by atoms with van der Waals surface area (Å²) in [5.41, 5.74) is 1.05. The Bertz CT molecular complexity index is 1200. The Morgan fingerprint density at radius 1 is 1.00 bits per heavy atom. The second-order valence-electron chi connectivity index (χ2n) is 8.09. The first-order chi connectivity index (χ1) is 15.4. The van der Waals surface area contributed by atoms with Gasteiger partial charge in [0.25, 0.3) is 0 Å². The predicted octanol–water partition coefficient (Wildman–Crippen LogP) is 3.74. The van der Waals surface area contributed by atoms with Gasteiger partial charge in [-0.2, -0.15) is 4.31 Å². The van der Waals surface area contributed by atoms with Crippen molar-refractivity contribution in [3.63, 3.8) is 0 Å². The summed E-state index contributed by atoms with van der Waals surface area (Å²) in [5.74, 6) is 0.589. The third-order valence-corrected chi connectivity index (χ3v) is 7.83. The topological polar surface area (TPSA) is 75.7 Å². The first kappa shape index (κ1) is 22.3. The zero-order valence-corrected chi connectivity index (χ0v) is 19.0. The molecule has 1 fully saturated rings. The summed E-state index contributed by atoms with van der Waals surface area (Å²) in [4.78, 5) is 12.8. The number of benzene rings is 3. The van der Waals surface area contributed by atoms with Crippen molar-refractivity contribution in [1.29, 1.82) is 0 Å². The Morgan fingerprint density at radius 2 is 1.69 bits per heavy atom. The number of piperidine rings is 1. The fraction of sp³-hybridized carbons (Fsp3) is 0.320. The van der Waals surface area contributed by atoms with Gasteiger partial charge < -0.3 is 10.1 Å². The number of carbonyl (C=O) groups is 1. The maximum absolute atomic E-state index is 13.1. The third-order valence-electron chi connectivity index (χ3n) is 5.94. The van der Waals surface area contributed by atoms with Gasteiger partial charge in [-0.3, -0.25) is 4.79 Å². The van der Waals surface area contributed by atoms with Gasteiger partial charge in [0.15, 0.2) is 0 Å². The van der Waals surface area contributed by atoms with E-state index in [1.165, 1.54) is 4.31 Å². The molecular weight excluding hydrogens is 424 g/mol. The number of fused-ring (bicyclic) bond motifs is 1. The van der Waals surface area contributed by atoms with Crippen LogP contribution < -0.4 is 10.1 Å². The largest absolute Gasteiger partial charge is 0.491 e. The summed E-state index contributed by atoms with van der Waals surface area (Å²) in [5, 5.41) is 4.82. The number of rotatable bonds is 7. The molecule has 0 radical (unpaired) electrons. The van der Waals surface area contributed by atoms with E-state index in [9.17, 15) is 13.2 Å². The molecule has 0 bridgehead atoms. The average Bonchev–Trinajstić information content (AvgIpc) is 2.82. The summed E-state index contributed by atoms with van der Waals surface area (Å²) >= 11 is 0. The lowest BCUT2D eigenvalue weighted by Crippen LogP contribution is -2.43. The van der Waals surface area contributed by atoms with Crippen LogP contribution in [0.3, 0.4) is 0 Å². The van der Waals surface area contributed by atoms with Crippen LogP contribution in [0.5, 0.6) is 5.75 Å². The number of nitrogens with zero attached hydrogens (tertiary/aromatic N) is 1. The average molecular weight is 453 g/mol. The van der Waals surface area contributed by atoms with Crippen molar-refractivity contribution in [3.05, 3.63) is 72.3 Å². The van der Waals surface area contributed by atoms with Gasteiger partial charge in [0.1, 0.15) is 12.4 Å². The molecule has 0 aromatic heterocycles. The van der Waals surface area contributed by atoms with Crippen LogP contribution in [-0.2, 0) is 14.8 Å². The van der Waals surface area contributed by atoms with Crippen molar-refractivity contribution >= 4 is 26.7 Å². The lowest BCUT2D eigenvalue weighted by atomic mass is 9.97. The lowest BCUT2D eigenvalue weighted by Gasteiger charge is -2.30. The van der Waals surface area contributed by atoms with Crippen molar-refractivity contribution in [2.45, 2.75) is 24.7 Å². The maximum atomic E-state index is 13.1. The number of hydrogen-bond acceptors (Lipinski definition) is 4. The molecule has 1 heterocycles. The van der Waals surface area contributed by atoms with Crippen LogP contribution in [0.4, 0.5) is 0 Å². The number of nitrogens with one attached hydrogen (secondary N) is 1. The standard InChI is InChI=1S/C25H28N2O4S/c1-19-6-2-5-9-24(19)31-17-14-26-25(28)21-12-15-27(16-13-21)32(29,30)23-11-10-20-7-3-4-8-22(20)18-23/h2-11,18,21H,12-17H2,1H3,(H,26,28). The smallest absolute Gasteiger partial charge is 0.243 e. The lowest BCUT2D eigenvalue weighted by molar-refractivity contribution is -0.126. The van der Waals surface area contributed by atoms with Gasteiger partial charge in [-0.05, 0) is 54.3 Å². The molecule has 6 nitrogen and oxygen atoms in total. The highest BCUT2D eigenvalue weighted by Crippen LogP contribution is 2.26. The fourth-order valence-corrected chi connectivity index (χ4v) is 5.54. The van der Waals surface area contributed by atoms with E-state index in [2.05, 4.69) is 5.32 Å². The van der Waals surface area contributed by atoms with Gasteiger partial charge in [-0.1, -0.05) is 48.5 Å². The molecule has 7 heteroatoms. The molecule has 0 aliphatic carbocycles. The number of amides is 1. The quantitative estimate of drug-likeness (QED) is 0.554. The molecular formula is C25H28N2O4S. The summed E-state index contributed by atoms with van der Waals surface area (Å²) < 4.78 is 33.4. The van der Waals surface area contributed by atoms with Crippen LogP contribution in [0.1, 0.15) is 18.4 Å². The zero-order chi connectivity index (χ0) is 22.6. The number of aryl methyl sites for hydroxylation is 1. The van der Waals surface area contributed by atoms with Crippen molar-refractivity contribution < 1.29 is 17.9 Å². The van der Waals surface area contributed by atoms with Gasteiger partial charge in [-0.15, -0.1) is 0 Å². The minimum Gasteiger partial charge on any atom is -0.491 e. The first-order valence-corrected chi connectivity index (χ1v) is 12.3. The van der Waals surface area contributed by atoms with Crippen LogP contribution in [-0.4, -0.2) is 44.9 Å². The summed E-state index contributed by atoms with van der Waals surface area (Å²) in [7, 11) is -3.58. The minimum absolute atomic E-state index is 0.0406. The highest BCUT2D eigenvalue weighted by Gasteiger charge is 2.32. The molecule has 1 aliphatic heterocycles. The minimum atomic E-state index is -3.58. The Hall–Kier alpha value is -2.90. The zero-order valence-electron chi connectivity index (χ0n) is 18.2. The number of sulfonamides is 1. The monoisotopic (exact) mass is 452 g/mol. The first-order valence-electron chi connectivity index (χ1n) is 10.9. The molecule has 168 valence electrons. The van der Waals surface area contributed by atoms with Gasteiger partial charge in [0, 0.05) is 19.0 Å². The second-order valence-corrected chi connectivity index (χ2v) is 10.0. The van der Waals surface area contributed by atoms with E-state index in [0.29, 0.717) is 44.0 Å². The Kier molecular flexibility index (Phi) is 6.77. The Balaban J connectivity index is 1.28. The number of para-hydroxylation sites is 1. The molecule has 0 atom stereocenters. The molecule has 1 amide bonds. The van der Waals surface area contributed by atoms with Crippen LogP contribution in [0, 0.1) is 12.8 Å². The van der Waals surface area contributed by atoms with E-state index in [4.69, 9.17) is 4.74 Å². The summed E-state index contributed by atoms with van der Waals surface area (Å²) in [6.07, 6.45) is 1.02. The van der Waals surface area contributed by atoms with Crippen LogP contribution in [0.25, 0.3) is 10.8 Å². The van der Waals surface area contributed by atoms with Gasteiger partial charge in [0.2, 0.25) is 15.9 Å². The molecule has 4 rings (SSSR count). The van der Waals surface area contributed by atoms with Crippen molar-refractivity contribution in [1.82, 2.24) is 9.62 Å². The van der Waals surface area contributed by atoms with E-state index in [1.807, 2.05) is 61.5 Å². The van der Waals surface area contributed by atoms with Crippen molar-refractivity contribution in [2.75, 3.05) is 26.2 Å². The van der Waals surface area contributed by atoms with Crippen LogP contribution in [0.2, 0.25) is 0 Å². The second kappa shape index (κ2) is 9.71. The molecule has 1 saturated heterocycles. The summed E-state index contributed by atoms with van der Waals surface area (Å²) in [6.45, 7) is 3.47. The Labute approximate surface area is 189 Å². The SMILES string of the molecule is Cc1ccccc1OCCNC(=O)C1CCN(S(=O)(=O)c2ccc3ccccc3c2)CC1. The molecule has 32 heavy (non-hydrogen) atoms.